The van der Waals surface area contributed by atoms with Crippen LogP contribution in [-0.2, 0) is 9.53 Å². The van der Waals surface area contributed by atoms with Crippen LogP contribution in [0.5, 0.6) is 0 Å². The summed E-state index contributed by atoms with van der Waals surface area (Å²) >= 11 is 0. The van der Waals surface area contributed by atoms with E-state index in [2.05, 4.69) is 20.4 Å². The first-order chi connectivity index (χ1) is 10.4. The Labute approximate surface area is 125 Å². The second-order valence-electron chi connectivity index (χ2n) is 4.43. The summed E-state index contributed by atoms with van der Waals surface area (Å²) in [5.41, 5.74) is 6.00. The molecule has 0 fully saturated rings. The Morgan fingerprint density at radius 2 is 2.00 bits per heavy atom. The van der Waals surface area contributed by atoms with Crippen molar-refractivity contribution in [3.05, 3.63) is 35.8 Å². The van der Waals surface area contributed by atoms with E-state index in [-0.39, 0.29) is 11.5 Å². The van der Waals surface area contributed by atoms with E-state index in [1.807, 2.05) is 0 Å². The van der Waals surface area contributed by atoms with E-state index in [9.17, 15) is 14.0 Å². The summed E-state index contributed by atoms with van der Waals surface area (Å²) in [6.45, 7) is 1.53. The van der Waals surface area contributed by atoms with Gasteiger partial charge in [0.15, 0.2) is 5.82 Å². The molecule has 0 radical (unpaired) electrons. The molecule has 1 aromatic carbocycles. The predicted molar refractivity (Wildman–Crippen MR) is 75.5 cm³/mol. The predicted octanol–water partition coefficient (Wildman–Crippen LogP) is 0.986. The van der Waals surface area contributed by atoms with Gasteiger partial charge in [0.25, 0.3) is 0 Å². The molecule has 0 saturated heterocycles. The van der Waals surface area contributed by atoms with Gasteiger partial charge in [-0.15, -0.1) is 5.10 Å². The number of hydrogen-bond acceptors (Lipinski definition) is 6. The van der Waals surface area contributed by atoms with Gasteiger partial charge in [-0.2, -0.15) is 0 Å². The second kappa shape index (κ2) is 6.20. The van der Waals surface area contributed by atoms with Gasteiger partial charge >= 0.3 is 5.97 Å². The van der Waals surface area contributed by atoms with Crippen LogP contribution in [0, 0.1) is 5.82 Å². The van der Waals surface area contributed by atoms with Crippen LogP contribution in [0.1, 0.15) is 23.5 Å². The molecule has 0 aliphatic carbocycles. The van der Waals surface area contributed by atoms with Crippen molar-refractivity contribution in [2.24, 2.45) is 0 Å². The zero-order valence-corrected chi connectivity index (χ0v) is 11.9. The summed E-state index contributed by atoms with van der Waals surface area (Å²) in [6.07, 6.45) is 0. The molecule has 116 valence electrons. The number of amides is 1. The number of halogens is 1. The van der Waals surface area contributed by atoms with Crippen LogP contribution in [0.25, 0.3) is 0 Å². The van der Waals surface area contributed by atoms with Crippen molar-refractivity contribution in [3.8, 4) is 0 Å². The van der Waals surface area contributed by atoms with Crippen molar-refractivity contribution in [3.63, 3.8) is 0 Å². The SMILES string of the molecule is COC(=O)c1nnn(C(C)C(=O)Nc2ccc(F)cc2)c1N. The van der Waals surface area contributed by atoms with Gasteiger partial charge in [-0.05, 0) is 31.2 Å². The number of hydrogen-bond donors (Lipinski definition) is 2. The van der Waals surface area contributed by atoms with Crippen molar-refractivity contribution in [2.45, 2.75) is 13.0 Å². The lowest BCUT2D eigenvalue weighted by atomic mass is 10.2. The lowest BCUT2D eigenvalue weighted by molar-refractivity contribution is -0.119. The maximum Gasteiger partial charge on any atom is 0.362 e. The first-order valence-corrected chi connectivity index (χ1v) is 6.29. The zero-order chi connectivity index (χ0) is 16.3. The van der Waals surface area contributed by atoms with Gasteiger partial charge < -0.3 is 15.8 Å². The average molecular weight is 307 g/mol. The highest BCUT2D eigenvalue weighted by atomic mass is 19.1. The summed E-state index contributed by atoms with van der Waals surface area (Å²) in [5.74, 6) is -1.67. The first-order valence-electron chi connectivity index (χ1n) is 6.29. The van der Waals surface area contributed by atoms with Crippen LogP contribution in [0.3, 0.4) is 0 Å². The van der Waals surface area contributed by atoms with Crippen molar-refractivity contribution in [1.29, 1.82) is 0 Å². The van der Waals surface area contributed by atoms with Gasteiger partial charge in [-0.25, -0.2) is 13.9 Å². The normalized spacial score (nSPS) is 11.8. The van der Waals surface area contributed by atoms with Crippen molar-refractivity contribution in [2.75, 3.05) is 18.2 Å². The molecule has 2 aromatic rings. The third kappa shape index (κ3) is 3.03. The fourth-order valence-electron chi connectivity index (χ4n) is 1.72. The van der Waals surface area contributed by atoms with Gasteiger partial charge in [0.2, 0.25) is 11.6 Å². The molecule has 0 spiro atoms. The maximum absolute atomic E-state index is 12.8. The molecule has 0 aliphatic rings. The number of nitrogen functional groups attached to an aromatic ring is 1. The number of nitrogens with zero attached hydrogens (tertiary/aromatic N) is 3. The fraction of sp³-hybridized carbons (Fsp3) is 0.231. The number of nitrogens with one attached hydrogen (secondary N) is 1. The van der Waals surface area contributed by atoms with E-state index < -0.39 is 23.7 Å². The van der Waals surface area contributed by atoms with Crippen molar-refractivity contribution >= 4 is 23.4 Å². The van der Waals surface area contributed by atoms with Crippen LogP contribution < -0.4 is 11.1 Å². The van der Waals surface area contributed by atoms with Gasteiger partial charge in [-0.1, -0.05) is 5.21 Å². The molecular formula is C13H14FN5O3. The van der Waals surface area contributed by atoms with Crippen LogP contribution in [0.2, 0.25) is 0 Å². The Morgan fingerprint density at radius 1 is 1.36 bits per heavy atom. The number of esters is 1. The summed E-state index contributed by atoms with van der Waals surface area (Å²) < 4.78 is 18.4. The Hall–Kier alpha value is -2.97. The standard InChI is InChI=1S/C13H14FN5O3/c1-7(12(20)16-9-5-3-8(14)4-6-9)19-11(15)10(17-18-19)13(21)22-2/h3-7H,15H2,1-2H3,(H,16,20). The number of rotatable bonds is 4. The van der Waals surface area contributed by atoms with Crippen LogP contribution in [0.15, 0.2) is 24.3 Å². The number of aromatic nitrogens is 3. The second-order valence-corrected chi connectivity index (χ2v) is 4.43. The van der Waals surface area contributed by atoms with Crippen molar-refractivity contribution in [1.82, 2.24) is 15.0 Å². The minimum Gasteiger partial charge on any atom is -0.464 e. The monoisotopic (exact) mass is 307 g/mol. The molecule has 1 aromatic heterocycles. The summed E-state index contributed by atoms with van der Waals surface area (Å²) in [6, 6.07) is 4.46. The van der Waals surface area contributed by atoms with Gasteiger partial charge in [0.1, 0.15) is 11.9 Å². The Kier molecular flexibility index (Phi) is 4.35. The number of anilines is 2. The van der Waals surface area contributed by atoms with E-state index in [1.165, 1.54) is 38.3 Å². The molecule has 1 unspecified atom stereocenters. The van der Waals surface area contributed by atoms with Crippen LogP contribution in [-0.4, -0.2) is 34.0 Å². The Balaban J connectivity index is 2.15. The van der Waals surface area contributed by atoms with Gasteiger partial charge in [0, 0.05) is 5.69 Å². The number of nitrogens with two attached hydrogens (primary N) is 1. The largest absolute Gasteiger partial charge is 0.464 e. The van der Waals surface area contributed by atoms with Crippen LogP contribution in [0.4, 0.5) is 15.9 Å². The van der Waals surface area contributed by atoms with Crippen LogP contribution >= 0.6 is 0 Å². The smallest absolute Gasteiger partial charge is 0.362 e. The van der Waals surface area contributed by atoms with Crippen molar-refractivity contribution < 1.29 is 18.7 Å². The molecule has 2 rings (SSSR count). The molecule has 22 heavy (non-hydrogen) atoms. The molecule has 3 N–H and O–H groups in total. The van der Waals surface area contributed by atoms with E-state index in [1.54, 1.807) is 0 Å². The van der Waals surface area contributed by atoms with E-state index in [0.717, 1.165) is 4.68 Å². The highest BCUT2D eigenvalue weighted by Gasteiger charge is 2.24. The number of ether oxygens (including phenoxy) is 1. The molecule has 0 aliphatic heterocycles. The number of carbonyl (C=O) groups is 2. The summed E-state index contributed by atoms with van der Waals surface area (Å²) in [7, 11) is 1.19. The first kappa shape index (κ1) is 15.4. The third-order valence-corrected chi connectivity index (χ3v) is 2.97. The topological polar surface area (TPSA) is 112 Å². The van der Waals surface area contributed by atoms with E-state index in [0.29, 0.717) is 5.69 Å². The molecule has 9 heteroatoms. The lowest BCUT2D eigenvalue weighted by Crippen LogP contribution is -2.25. The molecule has 1 heterocycles. The van der Waals surface area contributed by atoms with E-state index in [4.69, 9.17) is 5.73 Å². The summed E-state index contributed by atoms with van der Waals surface area (Å²) in [4.78, 5) is 23.5. The molecule has 8 nitrogen and oxygen atoms in total. The quantitative estimate of drug-likeness (QED) is 0.814. The minimum atomic E-state index is -0.823. The lowest BCUT2D eigenvalue weighted by Gasteiger charge is -2.13. The van der Waals surface area contributed by atoms with Gasteiger partial charge in [0.05, 0.1) is 7.11 Å². The highest BCUT2D eigenvalue weighted by Crippen LogP contribution is 2.17. The Bertz CT molecular complexity index is 698. The fourth-order valence-corrected chi connectivity index (χ4v) is 1.72. The van der Waals surface area contributed by atoms with E-state index >= 15 is 0 Å². The molecule has 0 bridgehead atoms. The third-order valence-electron chi connectivity index (χ3n) is 2.97. The summed E-state index contributed by atoms with van der Waals surface area (Å²) in [5, 5.41) is 9.86. The van der Waals surface area contributed by atoms with Gasteiger partial charge in [-0.3, -0.25) is 4.79 Å². The molecule has 0 saturated carbocycles. The zero-order valence-electron chi connectivity index (χ0n) is 11.9. The molecular weight excluding hydrogens is 293 g/mol. The maximum atomic E-state index is 12.8. The Morgan fingerprint density at radius 3 is 2.59 bits per heavy atom. The number of carbonyl (C=O) groups excluding carboxylic acids is 2. The molecule has 1 amide bonds. The minimum absolute atomic E-state index is 0.0754. The number of methoxy groups -OCH3 is 1. The molecule has 1 atom stereocenters. The average Bonchev–Trinajstić information content (AvgIpc) is 2.89. The highest BCUT2D eigenvalue weighted by molar-refractivity contribution is 5.95. The number of benzene rings is 1.